The molecule has 0 aliphatic carbocycles. The first-order valence-electron chi connectivity index (χ1n) is 7.78. The zero-order valence-corrected chi connectivity index (χ0v) is 15.0. The Kier molecular flexibility index (Phi) is 5.44. The summed E-state index contributed by atoms with van der Waals surface area (Å²) in [6.07, 6.45) is 1.06. The summed E-state index contributed by atoms with van der Waals surface area (Å²) in [5.74, 6) is 0.464. The Balaban J connectivity index is 2.20. The van der Waals surface area contributed by atoms with Gasteiger partial charge in [0.1, 0.15) is 5.82 Å². The highest BCUT2D eigenvalue weighted by molar-refractivity contribution is 9.10. The molecule has 1 saturated heterocycles. The van der Waals surface area contributed by atoms with Crippen LogP contribution in [0, 0.1) is 11.7 Å². The average molecular weight is 357 g/mol. The Labute approximate surface area is 136 Å². The molecule has 0 amide bonds. The van der Waals surface area contributed by atoms with Crippen molar-refractivity contribution in [1.29, 1.82) is 0 Å². The van der Waals surface area contributed by atoms with Gasteiger partial charge in [-0.25, -0.2) is 4.39 Å². The van der Waals surface area contributed by atoms with Crippen LogP contribution < -0.4 is 5.32 Å². The van der Waals surface area contributed by atoms with Crippen LogP contribution in [0.4, 0.5) is 4.39 Å². The first-order valence-corrected chi connectivity index (χ1v) is 8.57. The second-order valence-electron chi connectivity index (χ2n) is 6.70. The SMILES string of the molecule is CCC1(C)CNC(C(C)C)CN1Cc1ccc(Br)cc1F. The van der Waals surface area contributed by atoms with E-state index in [4.69, 9.17) is 0 Å². The molecular weight excluding hydrogens is 331 g/mol. The zero-order chi connectivity index (χ0) is 15.6. The lowest BCUT2D eigenvalue weighted by molar-refractivity contribution is 0.0308. The van der Waals surface area contributed by atoms with Crippen LogP contribution in [-0.4, -0.2) is 29.6 Å². The summed E-state index contributed by atoms with van der Waals surface area (Å²) in [5, 5.41) is 3.66. The van der Waals surface area contributed by atoms with Crippen LogP contribution in [0.1, 0.15) is 39.7 Å². The van der Waals surface area contributed by atoms with E-state index in [1.54, 1.807) is 6.07 Å². The van der Waals surface area contributed by atoms with Gasteiger partial charge in [-0.15, -0.1) is 0 Å². The maximum Gasteiger partial charge on any atom is 0.128 e. The van der Waals surface area contributed by atoms with Gasteiger partial charge < -0.3 is 5.32 Å². The topological polar surface area (TPSA) is 15.3 Å². The predicted octanol–water partition coefficient (Wildman–Crippen LogP) is 4.19. The summed E-state index contributed by atoms with van der Waals surface area (Å²) in [6, 6.07) is 5.84. The van der Waals surface area contributed by atoms with Crippen LogP contribution in [0.25, 0.3) is 0 Å². The third kappa shape index (κ3) is 3.85. The molecule has 1 heterocycles. The molecule has 2 unspecified atom stereocenters. The molecule has 0 saturated carbocycles. The molecule has 2 nitrogen and oxygen atoms in total. The van der Waals surface area contributed by atoms with Crippen molar-refractivity contribution in [3.63, 3.8) is 0 Å². The van der Waals surface area contributed by atoms with Gasteiger partial charge in [0.25, 0.3) is 0 Å². The molecule has 1 fully saturated rings. The maximum absolute atomic E-state index is 14.1. The summed E-state index contributed by atoms with van der Waals surface area (Å²) in [6.45, 7) is 11.6. The maximum atomic E-state index is 14.1. The fourth-order valence-corrected chi connectivity index (χ4v) is 3.22. The molecule has 1 aromatic carbocycles. The largest absolute Gasteiger partial charge is 0.311 e. The molecule has 1 aromatic rings. The molecule has 0 aromatic heterocycles. The van der Waals surface area contributed by atoms with Crippen molar-refractivity contribution < 1.29 is 4.39 Å². The van der Waals surface area contributed by atoms with Gasteiger partial charge in [-0.1, -0.05) is 42.8 Å². The Morgan fingerprint density at radius 3 is 2.76 bits per heavy atom. The highest BCUT2D eigenvalue weighted by atomic mass is 79.9. The lowest BCUT2D eigenvalue weighted by Gasteiger charge is -2.49. The third-order valence-corrected chi connectivity index (χ3v) is 5.36. The first-order chi connectivity index (χ1) is 9.85. The molecule has 1 N–H and O–H groups in total. The lowest BCUT2D eigenvalue weighted by atomic mass is 9.89. The molecule has 2 rings (SSSR count). The number of nitrogens with zero attached hydrogens (tertiary/aromatic N) is 1. The molecule has 0 spiro atoms. The Morgan fingerprint density at radius 1 is 1.48 bits per heavy atom. The monoisotopic (exact) mass is 356 g/mol. The predicted molar refractivity (Wildman–Crippen MR) is 89.8 cm³/mol. The van der Waals surface area contributed by atoms with E-state index in [-0.39, 0.29) is 11.4 Å². The number of hydrogen-bond donors (Lipinski definition) is 1. The van der Waals surface area contributed by atoms with Crippen LogP contribution in [-0.2, 0) is 6.54 Å². The highest BCUT2D eigenvalue weighted by Crippen LogP contribution is 2.28. The molecular formula is C17H26BrFN2. The van der Waals surface area contributed by atoms with Crippen molar-refractivity contribution in [1.82, 2.24) is 10.2 Å². The van der Waals surface area contributed by atoms with Crippen LogP contribution >= 0.6 is 15.9 Å². The summed E-state index contributed by atoms with van der Waals surface area (Å²) >= 11 is 3.32. The van der Waals surface area contributed by atoms with Gasteiger partial charge in [0.15, 0.2) is 0 Å². The van der Waals surface area contributed by atoms with Gasteiger partial charge in [-0.2, -0.15) is 0 Å². The molecule has 1 aliphatic heterocycles. The van der Waals surface area contributed by atoms with Gasteiger partial charge in [-0.05, 0) is 31.4 Å². The number of rotatable bonds is 4. The van der Waals surface area contributed by atoms with Crippen LogP contribution in [0.15, 0.2) is 22.7 Å². The Bertz CT molecular complexity index is 492. The third-order valence-electron chi connectivity index (χ3n) is 4.87. The zero-order valence-electron chi connectivity index (χ0n) is 13.4. The van der Waals surface area contributed by atoms with Crippen LogP contribution in [0.5, 0.6) is 0 Å². The van der Waals surface area contributed by atoms with Crippen molar-refractivity contribution in [3.8, 4) is 0 Å². The Hall–Kier alpha value is -0.450. The van der Waals surface area contributed by atoms with Gasteiger partial charge in [0.05, 0.1) is 0 Å². The van der Waals surface area contributed by atoms with Crippen molar-refractivity contribution in [2.45, 2.75) is 52.2 Å². The number of benzene rings is 1. The summed E-state index contributed by atoms with van der Waals surface area (Å²) < 4.78 is 14.9. The molecule has 4 heteroatoms. The first kappa shape index (κ1) is 16.9. The van der Waals surface area contributed by atoms with Crippen molar-refractivity contribution >= 4 is 15.9 Å². The average Bonchev–Trinajstić information content (AvgIpc) is 2.43. The number of nitrogens with one attached hydrogen (secondary N) is 1. The minimum absolute atomic E-state index is 0.0882. The van der Waals surface area contributed by atoms with Crippen molar-refractivity contribution in [2.75, 3.05) is 13.1 Å². The molecule has 1 aliphatic rings. The molecule has 0 bridgehead atoms. The summed E-state index contributed by atoms with van der Waals surface area (Å²) in [4.78, 5) is 2.44. The van der Waals surface area contributed by atoms with Crippen molar-refractivity contribution in [3.05, 3.63) is 34.1 Å². The van der Waals surface area contributed by atoms with Gasteiger partial charge >= 0.3 is 0 Å². The minimum Gasteiger partial charge on any atom is -0.311 e. The van der Waals surface area contributed by atoms with E-state index in [1.807, 2.05) is 12.1 Å². The minimum atomic E-state index is -0.123. The number of halogens is 2. The standard InChI is InChI=1S/C17H26BrFN2/c1-5-17(4)11-20-16(12(2)3)10-21(17)9-13-6-7-14(18)8-15(13)19/h6-8,12,16,20H,5,9-11H2,1-4H3. The lowest BCUT2D eigenvalue weighted by Crippen LogP contribution is -2.63. The number of piperazine rings is 1. The van der Waals surface area contributed by atoms with E-state index in [1.165, 1.54) is 0 Å². The van der Waals surface area contributed by atoms with E-state index < -0.39 is 0 Å². The van der Waals surface area contributed by atoms with Gasteiger partial charge in [-0.3, -0.25) is 4.90 Å². The number of hydrogen-bond acceptors (Lipinski definition) is 2. The van der Waals surface area contributed by atoms with Crippen LogP contribution in [0.2, 0.25) is 0 Å². The normalized spacial score (nSPS) is 27.3. The smallest absolute Gasteiger partial charge is 0.128 e. The fourth-order valence-electron chi connectivity index (χ4n) is 2.89. The van der Waals surface area contributed by atoms with Crippen molar-refractivity contribution in [2.24, 2.45) is 5.92 Å². The summed E-state index contributed by atoms with van der Waals surface area (Å²) in [7, 11) is 0. The second-order valence-corrected chi connectivity index (χ2v) is 7.61. The molecule has 118 valence electrons. The van der Waals surface area contributed by atoms with Gasteiger partial charge in [0.2, 0.25) is 0 Å². The molecule has 0 radical (unpaired) electrons. The highest BCUT2D eigenvalue weighted by Gasteiger charge is 2.37. The molecule has 21 heavy (non-hydrogen) atoms. The fraction of sp³-hybridized carbons (Fsp3) is 0.647. The quantitative estimate of drug-likeness (QED) is 0.869. The Morgan fingerprint density at radius 2 is 2.19 bits per heavy atom. The van der Waals surface area contributed by atoms with Gasteiger partial charge in [0, 0.05) is 41.3 Å². The van der Waals surface area contributed by atoms with E-state index in [9.17, 15) is 4.39 Å². The second kappa shape index (κ2) is 6.76. The summed E-state index contributed by atoms with van der Waals surface area (Å²) in [5.41, 5.74) is 0.868. The molecule has 2 atom stereocenters. The van der Waals surface area contributed by atoms with Crippen LogP contribution in [0.3, 0.4) is 0 Å². The van der Waals surface area contributed by atoms with E-state index in [0.717, 1.165) is 29.5 Å². The van der Waals surface area contributed by atoms with E-state index in [0.29, 0.717) is 18.5 Å². The van der Waals surface area contributed by atoms with E-state index in [2.05, 4.69) is 53.8 Å². The van der Waals surface area contributed by atoms with E-state index >= 15 is 0 Å².